The van der Waals surface area contributed by atoms with E-state index in [1.54, 1.807) is 36.3 Å². The van der Waals surface area contributed by atoms with Crippen molar-refractivity contribution in [1.82, 2.24) is 9.88 Å². The molecule has 0 radical (unpaired) electrons. The number of aromatic nitrogens is 1. The topological polar surface area (TPSA) is 54.9 Å². The summed E-state index contributed by atoms with van der Waals surface area (Å²) < 4.78 is 38.4. The van der Waals surface area contributed by atoms with Crippen molar-refractivity contribution >= 4 is 32.6 Å². The Hall–Kier alpha value is -2.94. The molecule has 1 fully saturated rings. The van der Waals surface area contributed by atoms with E-state index in [2.05, 4.69) is 4.98 Å². The van der Waals surface area contributed by atoms with E-state index in [1.807, 2.05) is 4.90 Å². The highest BCUT2D eigenvalue weighted by atomic mass is 32.1. The predicted molar refractivity (Wildman–Crippen MR) is 107 cm³/mol. The Morgan fingerprint density at radius 2 is 1.79 bits per heavy atom. The number of rotatable bonds is 5. The lowest BCUT2D eigenvalue weighted by Gasteiger charge is -2.34. The molecule has 0 aliphatic carbocycles. The third-order valence-corrected chi connectivity index (χ3v) is 5.79. The number of nitrogens with zero attached hydrogens (tertiary/aromatic N) is 3. The first-order valence-electron chi connectivity index (χ1n) is 9.08. The van der Waals surface area contributed by atoms with E-state index in [9.17, 15) is 13.6 Å². The van der Waals surface area contributed by atoms with Gasteiger partial charge in [-0.2, -0.15) is 0 Å². The average molecular weight is 419 g/mol. The Morgan fingerprint density at radius 1 is 1.10 bits per heavy atom. The number of ether oxygens (including phenoxy) is 2. The van der Waals surface area contributed by atoms with Crippen molar-refractivity contribution in [3.05, 3.63) is 48.0 Å². The molecule has 0 N–H and O–H groups in total. The van der Waals surface area contributed by atoms with Gasteiger partial charge in [0.25, 0.3) is 5.91 Å². The lowest BCUT2D eigenvalue weighted by Crippen LogP contribution is -2.50. The third kappa shape index (κ3) is 4.24. The second-order valence-corrected chi connectivity index (χ2v) is 7.57. The largest absolute Gasteiger partial charge is 0.497 e. The van der Waals surface area contributed by atoms with Gasteiger partial charge in [0, 0.05) is 32.2 Å². The first-order chi connectivity index (χ1) is 14.0. The zero-order valence-corrected chi connectivity index (χ0v) is 16.5. The number of hydrogen-bond donors (Lipinski definition) is 0. The van der Waals surface area contributed by atoms with Crippen molar-refractivity contribution in [2.24, 2.45) is 0 Å². The molecular weight excluding hydrogens is 400 g/mol. The number of fused-ring (bicyclic) bond motifs is 1. The number of methoxy groups -OCH3 is 1. The number of carbonyl (C=O) groups is 1. The summed E-state index contributed by atoms with van der Waals surface area (Å²) in [6.07, 6.45) is 0. The van der Waals surface area contributed by atoms with Crippen molar-refractivity contribution in [2.45, 2.75) is 0 Å². The van der Waals surface area contributed by atoms with E-state index in [-0.39, 0.29) is 18.0 Å². The van der Waals surface area contributed by atoms with Crippen LogP contribution in [0.2, 0.25) is 0 Å². The number of thiazole rings is 1. The fourth-order valence-corrected chi connectivity index (χ4v) is 4.19. The number of benzene rings is 2. The van der Waals surface area contributed by atoms with Gasteiger partial charge in [-0.1, -0.05) is 11.3 Å². The summed E-state index contributed by atoms with van der Waals surface area (Å²) in [5.74, 6) is -0.0545. The molecule has 1 amide bonds. The van der Waals surface area contributed by atoms with Gasteiger partial charge in [-0.15, -0.1) is 0 Å². The molecule has 6 nitrogen and oxygen atoms in total. The van der Waals surface area contributed by atoms with Gasteiger partial charge in [0.15, 0.2) is 17.6 Å². The normalized spacial score (nSPS) is 14.3. The van der Waals surface area contributed by atoms with Gasteiger partial charge >= 0.3 is 0 Å². The molecule has 1 aliphatic heterocycles. The van der Waals surface area contributed by atoms with Crippen LogP contribution in [0.3, 0.4) is 0 Å². The van der Waals surface area contributed by atoms with Gasteiger partial charge in [0.05, 0.1) is 11.8 Å². The van der Waals surface area contributed by atoms with Crippen molar-refractivity contribution in [1.29, 1.82) is 0 Å². The van der Waals surface area contributed by atoms with Gasteiger partial charge in [-0.3, -0.25) is 4.79 Å². The van der Waals surface area contributed by atoms with Crippen molar-refractivity contribution in [2.75, 3.05) is 44.8 Å². The fourth-order valence-electron chi connectivity index (χ4n) is 3.14. The van der Waals surface area contributed by atoms with Crippen LogP contribution in [0.1, 0.15) is 0 Å². The summed E-state index contributed by atoms with van der Waals surface area (Å²) in [5.41, 5.74) is 0.179. The van der Waals surface area contributed by atoms with Crippen LogP contribution in [0.4, 0.5) is 13.9 Å². The molecule has 1 aliphatic rings. The molecule has 0 spiro atoms. The van der Waals surface area contributed by atoms with E-state index >= 15 is 0 Å². The Bertz CT molecular complexity index is 1020. The fraction of sp³-hybridized carbons (Fsp3) is 0.300. The number of hydrogen-bond acceptors (Lipinski definition) is 6. The molecule has 0 unspecified atom stereocenters. The van der Waals surface area contributed by atoms with E-state index in [1.165, 1.54) is 17.4 Å². The molecule has 3 aromatic rings. The molecule has 29 heavy (non-hydrogen) atoms. The van der Waals surface area contributed by atoms with E-state index in [0.29, 0.717) is 41.8 Å². The van der Waals surface area contributed by atoms with Gasteiger partial charge < -0.3 is 19.3 Å². The summed E-state index contributed by atoms with van der Waals surface area (Å²) in [6, 6.07) is 9.16. The van der Waals surface area contributed by atoms with E-state index in [0.717, 1.165) is 11.8 Å². The van der Waals surface area contributed by atoms with Crippen LogP contribution in [0, 0.1) is 11.6 Å². The van der Waals surface area contributed by atoms with Crippen LogP contribution < -0.4 is 14.4 Å². The zero-order chi connectivity index (χ0) is 20.4. The number of carbonyl (C=O) groups excluding carboxylic acids is 1. The highest BCUT2D eigenvalue weighted by Crippen LogP contribution is 2.31. The molecule has 2 aromatic carbocycles. The van der Waals surface area contributed by atoms with Gasteiger partial charge in [-0.05, 0) is 30.3 Å². The predicted octanol–water partition coefficient (Wildman–Crippen LogP) is 3.31. The molecule has 4 rings (SSSR count). The van der Waals surface area contributed by atoms with Crippen LogP contribution in [0.5, 0.6) is 11.5 Å². The Morgan fingerprint density at radius 3 is 2.48 bits per heavy atom. The number of anilines is 1. The number of halogens is 2. The molecule has 1 saturated heterocycles. The first kappa shape index (κ1) is 19.4. The maximum Gasteiger partial charge on any atom is 0.260 e. The SMILES string of the molecule is COc1ccc(OCC(=O)N2CCN(c3nc4c(F)cc(F)cc4s3)CC2)cc1. The molecule has 9 heteroatoms. The lowest BCUT2D eigenvalue weighted by atomic mass is 10.3. The van der Waals surface area contributed by atoms with Crippen molar-refractivity contribution < 1.29 is 23.0 Å². The van der Waals surface area contributed by atoms with Crippen LogP contribution in [-0.2, 0) is 4.79 Å². The molecule has 1 aromatic heterocycles. The molecule has 2 heterocycles. The molecule has 152 valence electrons. The van der Waals surface area contributed by atoms with Crippen LogP contribution >= 0.6 is 11.3 Å². The van der Waals surface area contributed by atoms with Crippen LogP contribution in [0.15, 0.2) is 36.4 Å². The molecule has 0 atom stereocenters. The second kappa shape index (κ2) is 8.20. The van der Waals surface area contributed by atoms with Gasteiger partial charge in [-0.25, -0.2) is 13.8 Å². The average Bonchev–Trinajstić information content (AvgIpc) is 3.17. The molecule has 0 saturated carbocycles. The Labute approximate surface area is 170 Å². The minimum atomic E-state index is -0.660. The quantitative estimate of drug-likeness (QED) is 0.635. The summed E-state index contributed by atoms with van der Waals surface area (Å²) in [7, 11) is 1.59. The molecule has 0 bridgehead atoms. The second-order valence-electron chi connectivity index (χ2n) is 6.56. The Balaban J connectivity index is 1.32. The van der Waals surface area contributed by atoms with Crippen LogP contribution in [0.25, 0.3) is 10.2 Å². The highest BCUT2D eigenvalue weighted by Gasteiger charge is 2.24. The van der Waals surface area contributed by atoms with Crippen molar-refractivity contribution in [3.63, 3.8) is 0 Å². The minimum Gasteiger partial charge on any atom is -0.497 e. The summed E-state index contributed by atoms with van der Waals surface area (Å²) in [4.78, 5) is 20.4. The third-order valence-electron chi connectivity index (χ3n) is 4.73. The van der Waals surface area contributed by atoms with Crippen LogP contribution in [-0.4, -0.2) is 55.7 Å². The first-order valence-corrected chi connectivity index (χ1v) is 9.90. The minimum absolute atomic E-state index is 0.0437. The zero-order valence-electron chi connectivity index (χ0n) is 15.7. The summed E-state index contributed by atoms with van der Waals surface area (Å²) >= 11 is 1.25. The summed E-state index contributed by atoms with van der Waals surface area (Å²) in [6.45, 7) is 2.11. The smallest absolute Gasteiger partial charge is 0.260 e. The number of piperazine rings is 1. The van der Waals surface area contributed by atoms with Gasteiger partial charge in [0.2, 0.25) is 0 Å². The van der Waals surface area contributed by atoms with E-state index in [4.69, 9.17) is 9.47 Å². The van der Waals surface area contributed by atoms with Crippen molar-refractivity contribution in [3.8, 4) is 11.5 Å². The highest BCUT2D eigenvalue weighted by molar-refractivity contribution is 7.22. The standard InChI is InChI=1S/C20H19F2N3O3S/c1-27-14-2-4-15(5-3-14)28-12-18(26)24-6-8-25(9-7-24)20-23-19-16(22)10-13(21)11-17(19)29-20/h2-5,10-11H,6-9,12H2,1H3. The Kier molecular flexibility index (Phi) is 5.48. The van der Waals surface area contributed by atoms with Gasteiger partial charge in [0.1, 0.15) is 22.8 Å². The maximum absolute atomic E-state index is 13.9. The number of amides is 1. The maximum atomic E-state index is 13.9. The summed E-state index contributed by atoms with van der Waals surface area (Å²) in [5, 5.41) is 0.631. The van der Waals surface area contributed by atoms with E-state index < -0.39 is 11.6 Å². The monoisotopic (exact) mass is 419 g/mol. The molecular formula is C20H19F2N3O3S. The lowest BCUT2D eigenvalue weighted by molar-refractivity contribution is -0.133.